The van der Waals surface area contributed by atoms with E-state index in [-0.39, 0.29) is 0 Å². The fourth-order valence-electron chi connectivity index (χ4n) is 3.64. The fourth-order valence-corrected chi connectivity index (χ4v) is 3.64. The van der Waals surface area contributed by atoms with E-state index in [0.717, 1.165) is 18.0 Å². The van der Waals surface area contributed by atoms with E-state index in [2.05, 4.69) is 17.6 Å². The molecule has 0 spiro atoms. The Hall–Kier alpha value is -0.0800. The Labute approximate surface area is 107 Å². The van der Waals surface area contributed by atoms with Crippen LogP contribution in [-0.4, -0.2) is 25.2 Å². The van der Waals surface area contributed by atoms with Crippen LogP contribution < -0.4 is 10.6 Å². The molecule has 1 aliphatic carbocycles. The monoisotopic (exact) mass is 238 g/mol. The van der Waals surface area contributed by atoms with Gasteiger partial charge in [-0.25, -0.2) is 0 Å². The van der Waals surface area contributed by atoms with Crippen LogP contribution in [0.4, 0.5) is 0 Å². The molecule has 1 saturated carbocycles. The first-order valence-corrected chi connectivity index (χ1v) is 7.88. The van der Waals surface area contributed by atoms with Crippen LogP contribution in [0.1, 0.15) is 64.7 Å². The molecule has 2 heteroatoms. The number of unbranched alkanes of at least 4 members (excludes halogenated alkanes) is 3. The highest BCUT2D eigenvalue weighted by Gasteiger charge is 2.34. The van der Waals surface area contributed by atoms with Crippen LogP contribution in [0.3, 0.4) is 0 Å². The second-order valence-electron chi connectivity index (χ2n) is 5.92. The molecule has 2 aliphatic rings. The van der Waals surface area contributed by atoms with Gasteiger partial charge >= 0.3 is 0 Å². The summed E-state index contributed by atoms with van der Waals surface area (Å²) in [4.78, 5) is 0. The molecule has 3 unspecified atom stereocenters. The predicted octanol–water partition coefficient (Wildman–Crippen LogP) is 3.08. The topological polar surface area (TPSA) is 24.1 Å². The molecule has 1 aliphatic heterocycles. The van der Waals surface area contributed by atoms with Crippen molar-refractivity contribution < 1.29 is 0 Å². The van der Waals surface area contributed by atoms with Gasteiger partial charge in [0.15, 0.2) is 0 Å². The summed E-state index contributed by atoms with van der Waals surface area (Å²) in [6, 6.07) is 1.64. The van der Waals surface area contributed by atoms with Crippen molar-refractivity contribution in [3.8, 4) is 0 Å². The highest BCUT2D eigenvalue weighted by Crippen LogP contribution is 2.31. The number of nitrogens with one attached hydrogen (secondary N) is 2. The SMILES string of the molecule is CCCCCCNC1CCCC1C1CCCN1. The first-order valence-electron chi connectivity index (χ1n) is 7.88. The van der Waals surface area contributed by atoms with E-state index < -0.39 is 0 Å². The molecule has 0 aromatic carbocycles. The van der Waals surface area contributed by atoms with Crippen LogP contribution >= 0.6 is 0 Å². The summed E-state index contributed by atoms with van der Waals surface area (Å²) in [6.45, 7) is 4.78. The third-order valence-electron chi connectivity index (χ3n) is 4.62. The number of hydrogen-bond acceptors (Lipinski definition) is 2. The van der Waals surface area contributed by atoms with Gasteiger partial charge in [-0.15, -0.1) is 0 Å². The van der Waals surface area contributed by atoms with Crippen molar-refractivity contribution in [3.05, 3.63) is 0 Å². The quantitative estimate of drug-likeness (QED) is 0.666. The molecule has 0 aromatic rings. The lowest BCUT2D eigenvalue weighted by Gasteiger charge is -2.26. The third-order valence-corrected chi connectivity index (χ3v) is 4.62. The largest absolute Gasteiger partial charge is 0.314 e. The fraction of sp³-hybridized carbons (Fsp3) is 1.00. The minimum absolute atomic E-state index is 0.812. The van der Waals surface area contributed by atoms with Crippen LogP contribution in [-0.2, 0) is 0 Å². The lowest BCUT2D eigenvalue weighted by atomic mass is 9.93. The van der Waals surface area contributed by atoms with E-state index in [4.69, 9.17) is 0 Å². The molecular formula is C15H30N2. The van der Waals surface area contributed by atoms with Crippen molar-refractivity contribution >= 4 is 0 Å². The Balaban J connectivity index is 1.64. The molecule has 2 rings (SSSR count). The van der Waals surface area contributed by atoms with Crippen molar-refractivity contribution in [1.82, 2.24) is 10.6 Å². The number of hydrogen-bond donors (Lipinski definition) is 2. The van der Waals surface area contributed by atoms with E-state index in [9.17, 15) is 0 Å². The summed E-state index contributed by atoms with van der Waals surface area (Å²) in [7, 11) is 0. The van der Waals surface area contributed by atoms with Gasteiger partial charge in [0.2, 0.25) is 0 Å². The van der Waals surface area contributed by atoms with Gasteiger partial charge in [0.05, 0.1) is 0 Å². The van der Waals surface area contributed by atoms with E-state index in [0.29, 0.717) is 0 Å². The average Bonchev–Trinajstić information content (AvgIpc) is 2.98. The maximum atomic E-state index is 3.83. The molecule has 1 heterocycles. The normalized spacial score (nSPS) is 33.4. The Kier molecular flexibility index (Phi) is 5.79. The smallest absolute Gasteiger partial charge is 0.0111 e. The van der Waals surface area contributed by atoms with Gasteiger partial charge in [0, 0.05) is 12.1 Å². The lowest BCUT2D eigenvalue weighted by Crippen LogP contribution is -2.42. The molecule has 100 valence electrons. The highest BCUT2D eigenvalue weighted by molar-refractivity contribution is 4.93. The van der Waals surface area contributed by atoms with Gasteiger partial charge in [-0.3, -0.25) is 0 Å². The van der Waals surface area contributed by atoms with Gasteiger partial charge in [-0.2, -0.15) is 0 Å². The van der Waals surface area contributed by atoms with Crippen LogP contribution in [0.25, 0.3) is 0 Å². The Morgan fingerprint density at radius 1 is 1.06 bits per heavy atom. The molecule has 0 amide bonds. The first-order chi connectivity index (χ1) is 8.42. The van der Waals surface area contributed by atoms with Crippen LogP contribution in [0, 0.1) is 5.92 Å². The molecule has 0 aromatic heterocycles. The highest BCUT2D eigenvalue weighted by atomic mass is 15.0. The van der Waals surface area contributed by atoms with E-state index in [1.165, 1.54) is 70.9 Å². The first kappa shape index (κ1) is 13.4. The molecule has 2 N–H and O–H groups in total. The predicted molar refractivity (Wildman–Crippen MR) is 74.3 cm³/mol. The molecule has 17 heavy (non-hydrogen) atoms. The maximum absolute atomic E-state index is 3.83. The second kappa shape index (κ2) is 7.38. The summed E-state index contributed by atoms with van der Waals surface area (Å²) in [5.74, 6) is 0.920. The lowest BCUT2D eigenvalue weighted by molar-refractivity contribution is 0.319. The Morgan fingerprint density at radius 2 is 2.00 bits per heavy atom. The van der Waals surface area contributed by atoms with Gasteiger partial charge in [-0.05, 0) is 51.1 Å². The van der Waals surface area contributed by atoms with Crippen LogP contribution in [0.5, 0.6) is 0 Å². The van der Waals surface area contributed by atoms with Crippen LogP contribution in [0.2, 0.25) is 0 Å². The third kappa shape index (κ3) is 3.96. The van der Waals surface area contributed by atoms with E-state index >= 15 is 0 Å². The average molecular weight is 238 g/mol. The van der Waals surface area contributed by atoms with Crippen molar-refractivity contribution in [1.29, 1.82) is 0 Å². The van der Waals surface area contributed by atoms with Gasteiger partial charge in [0.1, 0.15) is 0 Å². The van der Waals surface area contributed by atoms with Crippen LogP contribution in [0.15, 0.2) is 0 Å². The van der Waals surface area contributed by atoms with Crippen molar-refractivity contribution in [2.75, 3.05) is 13.1 Å². The molecule has 0 bridgehead atoms. The van der Waals surface area contributed by atoms with Crippen molar-refractivity contribution in [2.45, 2.75) is 76.8 Å². The zero-order valence-corrected chi connectivity index (χ0v) is 11.5. The molecule has 0 radical (unpaired) electrons. The van der Waals surface area contributed by atoms with Crippen molar-refractivity contribution in [2.24, 2.45) is 5.92 Å². The molecule has 3 atom stereocenters. The summed E-state index contributed by atoms with van der Waals surface area (Å²) in [5, 5.41) is 7.53. The summed E-state index contributed by atoms with van der Waals surface area (Å²) < 4.78 is 0. The summed E-state index contributed by atoms with van der Waals surface area (Å²) in [5.41, 5.74) is 0. The minimum atomic E-state index is 0.812. The molecular weight excluding hydrogens is 208 g/mol. The Bertz CT molecular complexity index is 199. The molecule has 2 nitrogen and oxygen atoms in total. The summed E-state index contributed by atoms with van der Waals surface area (Å²) >= 11 is 0. The standard InChI is InChI=1S/C15H30N2/c1-2-3-4-5-11-16-14-9-6-8-13(14)15-10-7-12-17-15/h13-17H,2-12H2,1H3. The van der Waals surface area contributed by atoms with E-state index in [1.807, 2.05) is 0 Å². The van der Waals surface area contributed by atoms with Gasteiger partial charge < -0.3 is 10.6 Å². The molecule has 1 saturated heterocycles. The Morgan fingerprint density at radius 3 is 2.76 bits per heavy atom. The zero-order valence-electron chi connectivity index (χ0n) is 11.5. The van der Waals surface area contributed by atoms with E-state index in [1.54, 1.807) is 0 Å². The number of rotatable bonds is 7. The van der Waals surface area contributed by atoms with Gasteiger partial charge in [-0.1, -0.05) is 32.6 Å². The zero-order chi connectivity index (χ0) is 11.9. The van der Waals surface area contributed by atoms with Crippen molar-refractivity contribution in [3.63, 3.8) is 0 Å². The van der Waals surface area contributed by atoms with Gasteiger partial charge in [0.25, 0.3) is 0 Å². The minimum Gasteiger partial charge on any atom is -0.314 e. The summed E-state index contributed by atoms with van der Waals surface area (Å²) in [6.07, 6.45) is 12.6. The second-order valence-corrected chi connectivity index (χ2v) is 5.92. The molecule has 2 fully saturated rings. The maximum Gasteiger partial charge on any atom is 0.0111 e.